The molecular weight excluding hydrogens is 302 g/mol. The fraction of sp³-hybridized carbons (Fsp3) is 0.867. The van der Waals surface area contributed by atoms with Crippen LogP contribution in [0.3, 0.4) is 0 Å². The van der Waals surface area contributed by atoms with Crippen LogP contribution in [0.15, 0.2) is 0 Å². The van der Waals surface area contributed by atoms with Crippen LogP contribution in [-0.4, -0.2) is 60.6 Å². The molecule has 23 heavy (non-hydrogen) atoms. The summed E-state index contributed by atoms with van der Waals surface area (Å²) in [5.74, 6) is 0. The molecule has 2 amide bonds. The van der Waals surface area contributed by atoms with Gasteiger partial charge in [0.1, 0.15) is 6.61 Å². The first-order chi connectivity index (χ1) is 10.4. The predicted molar refractivity (Wildman–Crippen MR) is 84.9 cm³/mol. The molecule has 1 atom stereocenters. The van der Waals surface area contributed by atoms with E-state index in [-0.39, 0.29) is 30.4 Å². The summed E-state index contributed by atoms with van der Waals surface area (Å²) in [4.78, 5) is 23.9. The summed E-state index contributed by atoms with van der Waals surface area (Å²) in [7, 11) is 2.11. The average Bonchev–Trinajstić information content (AvgIpc) is 2.38. The Labute approximate surface area is 137 Å². The Balaban J connectivity index is 2.62. The van der Waals surface area contributed by atoms with Gasteiger partial charge in [0.2, 0.25) is 0 Å². The molecule has 0 spiro atoms. The molecule has 1 rings (SSSR count). The lowest BCUT2D eigenvalue weighted by Crippen LogP contribution is -2.60. The SMILES string of the molecule is CN1C(C)(C)CC(OCC(COC(N)=O)OC(N)=O)CC1(C)C. The summed E-state index contributed by atoms with van der Waals surface area (Å²) in [5.41, 5.74) is 9.90. The lowest BCUT2D eigenvalue weighted by atomic mass is 9.79. The number of likely N-dealkylation sites (tertiary alicyclic amines) is 1. The van der Waals surface area contributed by atoms with Crippen LogP contribution in [0.2, 0.25) is 0 Å². The Kier molecular flexibility index (Phi) is 6.24. The van der Waals surface area contributed by atoms with Crippen molar-refractivity contribution in [1.29, 1.82) is 0 Å². The van der Waals surface area contributed by atoms with E-state index in [0.717, 1.165) is 12.8 Å². The smallest absolute Gasteiger partial charge is 0.404 e. The minimum Gasteiger partial charge on any atom is -0.446 e. The van der Waals surface area contributed by atoms with Crippen molar-refractivity contribution in [1.82, 2.24) is 4.90 Å². The Bertz CT molecular complexity index is 421. The molecule has 0 radical (unpaired) electrons. The maximum Gasteiger partial charge on any atom is 0.404 e. The standard InChI is InChI=1S/C15H29N3O5/c1-14(2)6-10(7-15(3,4)18(14)5)21-8-11(23-13(17)20)9-22-12(16)19/h10-11H,6-9H2,1-5H3,(H2,16,19)(H2,17,20). The van der Waals surface area contributed by atoms with Crippen molar-refractivity contribution < 1.29 is 23.8 Å². The van der Waals surface area contributed by atoms with E-state index in [1.165, 1.54) is 0 Å². The first kappa shape index (κ1) is 19.5. The van der Waals surface area contributed by atoms with Gasteiger partial charge in [0.15, 0.2) is 6.10 Å². The van der Waals surface area contributed by atoms with Crippen LogP contribution in [0, 0.1) is 0 Å². The van der Waals surface area contributed by atoms with Gasteiger partial charge in [0, 0.05) is 11.1 Å². The largest absolute Gasteiger partial charge is 0.446 e. The number of hydrogen-bond donors (Lipinski definition) is 2. The summed E-state index contributed by atoms with van der Waals surface area (Å²) in [6.45, 7) is 8.57. The monoisotopic (exact) mass is 331 g/mol. The second-order valence-electron chi connectivity index (χ2n) is 7.24. The lowest BCUT2D eigenvalue weighted by Gasteiger charge is -2.53. The van der Waals surface area contributed by atoms with Gasteiger partial charge in [-0.1, -0.05) is 0 Å². The predicted octanol–water partition coefficient (Wildman–Crippen LogP) is 1.21. The number of carbonyl (C=O) groups excluding carboxylic acids is 2. The van der Waals surface area contributed by atoms with Crippen molar-refractivity contribution in [2.24, 2.45) is 11.5 Å². The summed E-state index contributed by atoms with van der Waals surface area (Å²) in [6, 6.07) is 0. The van der Waals surface area contributed by atoms with Gasteiger partial charge in [-0.05, 0) is 47.6 Å². The maximum absolute atomic E-state index is 10.9. The zero-order valence-electron chi connectivity index (χ0n) is 14.6. The van der Waals surface area contributed by atoms with Gasteiger partial charge in [-0.25, -0.2) is 9.59 Å². The Morgan fingerprint density at radius 2 is 1.61 bits per heavy atom. The molecule has 1 aliphatic rings. The number of carbonyl (C=O) groups is 2. The highest BCUT2D eigenvalue weighted by Crippen LogP contribution is 2.38. The van der Waals surface area contributed by atoms with Gasteiger partial charge in [0.25, 0.3) is 0 Å². The van der Waals surface area contributed by atoms with Crippen LogP contribution < -0.4 is 11.5 Å². The lowest BCUT2D eigenvalue weighted by molar-refractivity contribution is -0.110. The zero-order valence-corrected chi connectivity index (χ0v) is 14.6. The third-order valence-corrected chi connectivity index (χ3v) is 4.48. The van der Waals surface area contributed by atoms with Crippen molar-refractivity contribution in [2.75, 3.05) is 20.3 Å². The molecule has 4 N–H and O–H groups in total. The number of rotatable bonds is 6. The summed E-state index contributed by atoms with van der Waals surface area (Å²) < 4.78 is 15.5. The third kappa shape index (κ3) is 5.87. The van der Waals surface area contributed by atoms with Gasteiger partial charge < -0.3 is 25.7 Å². The molecule has 1 saturated heterocycles. The summed E-state index contributed by atoms with van der Waals surface area (Å²) >= 11 is 0. The molecule has 0 saturated carbocycles. The average molecular weight is 331 g/mol. The van der Waals surface area contributed by atoms with Gasteiger partial charge in [-0.2, -0.15) is 0 Å². The molecule has 0 aromatic heterocycles. The zero-order chi connectivity index (χ0) is 17.8. The first-order valence-corrected chi connectivity index (χ1v) is 7.68. The number of ether oxygens (including phenoxy) is 3. The Morgan fingerprint density at radius 1 is 1.09 bits per heavy atom. The fourth-order valence-electron chi connectivity index (χ4n) is 3.10. The third-order valence-electron chi connectivity index (χ3n) is 4.48. The molecule has 1 unspecified atom stereocenters. The quantitative estimate of drug-likeness (QED) is 0.755. The van der Waals surface area contributed by atoms with Crippen molar-refractivity contribution in [3.8, 4) is 0 Å². The van der Waals surface area contributed by atoms with E-state index in [1.54, 1.807) is 0 Å². The highest BCUT2D eigenvalue weighted by Gasteiger charge is 2.43. The van der Waals surface area contributed by atoms with Gasteiger partial charge in [-0.15, -0.1) is 0 Å². The maximum atomic E-state index is 10.9. The minimum atomic E-state index is -0.948. The van der Waals surface area contributed by atoms with Crippen molar-refractivity contribution >= 4 is 12.2 Å². The van der Waals surface area contributed by atoms with Crippen molar-refractivity contribution in [3.05, 3.63) is 0 Å². The van der Waals surface area contributed by atoms with Crippen LogP contribution in [0.25, 0.3) is 0 Å². The summed E-state index contributed by atoms with van der Waals surface area (Å²) in [5, 5.41) is 0. The van der Waals surface area contributed by atoms with E-state index in [0.29, 0.717) is 0 Å². The highest BCUT2D eigenvalue weighted by molar-refractivity contribution is 5.65. The second kappa shape index (κ2) is 7.35. The van der Waals surface area contributed by atoms with E-state index in [9.17, 15) is 9.59 Å². The molecule has 0 bridgehead atoms. The van der Waals surface area contributed by atoms with Gasteiger partial charge in [0.05, 0.1) is 12.7 Å². The van der Waals surface area contributed by atoms with Crippen molar-refractivity contribution in [2.45, 2.75) is 63.8 Å². The van der Waals surface area contributed by atoms with E-state index in [1.807, 2.05) is 0 Å². The van der Waals surface area contributed by atoms with Crippen LogP contribution >= 0.6 is 0 Å². The Morgan fingerprint density at radius 3 is 2.04 bits per heavy atom. The van der Waals surface area contributed by atoms with E-state index < -0.39 is 18.3 Å². The molecule has 1 fully saturated rings. The molecular formula is C15H29N3O5. The van der Waals surface area contributed by atoms with Crippen LogP contribution in [-0.2, 0) is 14.2 Å². The normalized spacial score (nSPS) is 22.3. The number of hydrogen-bond acceptors (Lipinski definition) is 6. The topological polar surface area (TPSA) is 117 Å². The van der Waals surface area contributed by atoms with E-state index >= 15 is 0 Å². The minimum absolute atomic E-state index is 0.00348. The van der Waals surface area contributed by atoms with Crippen LogP contribution in [0.1, 0.15) is 40.5 Å². The van der Waals surface area contributed by atoms with E-state index in [4.69, 9.17) is 20.9 Å². The molecule has 134 valence electrons. The molecule has 1 aliphatic heterocycles. The van der Waals surface area contributed by atoms with E-state index in [2.05, 4.69) is 44.4 Å². The molecule has 0 aliphatic carbocycles. The first-order valence-electron chi connectivity index (χ1n) is 7.68. The van der Waals surface area contributed by atoms with Crippen LogP contribution in [0.4, 0.5) is 9.59 Å². The number of amides is 2. The highest BCUT2D eigenvalue weighted by atomic mass is 16.6. The molecule has 1 heterocycles. The van der Waals surface area contributed by atoms with Gasteiger partial charge in [-0.3, -0.25) is 4.90 Å². The number of nitrogens with zero attached hydrogens (tertiary/aromatic N) is 1. The Hall–Kier alpha value is -1.54. The second-order valence-corrected chi connectivity index (χ2v) is 7.24. The van der Waals surface area contributed by atoms with Crippen LogP contribution in [0.5, 0.6) is 0 Å². The number of primary amides is 2. The van der Waals surface area contributed by atoms with Crippen molar-refractivity contribution in [3.63, 3.8) is 0 Å². The summed E-state index contributed by atoms with van der Waals surface area (Å²) in [6.07, 6.45) is -0.977. The number of nitrogens with two attached hydrogens (primary N) is 2. The molecule has 0 aromatic carbocycles. The molecule has 0 aromatic rings. The fourth-order valence-corrected chi connectivity index (χ4v) is 3.10. The van der Waals surface area contributed by atoms with Gasteiger partial charge >= 0.3 is 12.2 Å². The number of piperidine rings is 1. The molecule has 8 heteroatoms. The molecule has 8 nitrogen and oxygen atoms in total.